The minimum Gasteiger partial charge on any atom is -0.487 e. The minimum atomic E-state index is -4.46. The summed E-state index contributed by atoms with van der Waals surface area (Å²) in [4.78, 5) is 31.1. The molecule has 37 heavy (non-hydrogen) atoms. The number of amides is 3. The van der Waals surface area contributed by atoms with Crippen LogP contribution in [0, 0.1) is 5.92 Å². The number of halogens is 3. The number of carbonyl (C=O) groups is 2. The number of hydrogen-bond acceptors (Lipinski definition) is 5. The van der Waals surface area contributed by atoms with Gasteiger partial charge in [0.2, 0.25) is 0 Å². The molecule has 2 aromatic carbocycles. The van der Waals surface area contributed by atoms with Gasteiger partial charge in [-0.3, -0.25) is 4.79 Å². The first-order valence-corrected chi connectivity index (χ1v) is 11.9. The van der Waals surface area contributed by atoms with Crippen LogP contribution in [0.3, 0.4) is 0 Å². The molecule has 0 fully saturated rings. The van der Waals surface area contributed by atoms with Crippen molar-refractivity contribution in [3.8, 4) is 5.75 Å². The van der Waals surface area contributed by atoms with Crippen molar-refractivity contribution >= 4 is 23.3 Å². The Morgan fingerprint density at radius 2 is 1.84 bits per heavy atom. The van der Waals surface area contributed by atoms with Gasteiger partial charge in [-0.25, -0.2) is 4.79 Å². The molecule has 0 radical (unpaired) electrons. The highest BCUT2D eigenvalue weighted by Gasteiger charge is 2.34. The van der Waals surface area contributed by atoms with Gasteiger partial charge in [-0.2, -0.15) is 13.2 Å². The number of benzene rings is 2. The van der Waals surface area contributed by atoms with Crippen LogP contribution in [-0.2, 0) is 6.18 Å². The summed E-state index contributed by atoms with van der Waals surface area (Å²) in [6.07, 6.45) is -4.97. The van der Waals surface area contributed by atoms with Gasteiger partial charge in [-0.1, -0.05) is 6.92 Å². The first kappa shape index (κ1) is 28.1. The maximum absolute atomic E-state index is 13.4. The lowest BCUT2D eigenvalue weighted by atomic mass is 9.99. The summed E-state index contributed by atoms with van der Waals surface area (Å²) in [5.74, 6) is -0.0845. The van der Waals surface area contributed by atoms with E-state index < -0.39 is 29.9 Å². The van der Waals surface area contributed by atoms with E-state index in [1.807, 2.05) is 32.0 Å². The molecule has 0 aliphatic carbocycles. The smallest absolute Gasteiger partial charge is 0.416 e. The molecular weight excluding hydrogens is 489 g/mol. The summed E-state index contributed by atoms with van der Waals surface area (Å²) in [7, 11) is 5.28. The Morgan fingerprint density at radius 3 is 2.41 bits per heavy atom. The second-order valence-electron chi connectivity index (χ2n) is 9.58. The monoisotopic (exact) mass is 522 g/mol. The summed E-state index contributed by atoms with van der Waals surface area (Å²) in [6, 6.07) is 8.55. The third-order valence-corrected chi connectivity index (χ3v) is 6.43. The molecule has 2 N–H and O–H groups in total. The molecule has 202 valence electrons. The van der Waals surface area contributed by atoms with Gasteiger partial charge < -0.3 is 29.9 Å². The van der Waals surface area contributed by atoms with E-state index in [-0.39, 0.29) is 30.7 Å². The Labute approximate surface area is 214 Å². The van der Waals surface area contributed by atoms with Crippen LogP contribution in [0.2, 0.25) is 0 Å². The minimum absolute atomic E-state index is 0.151. The number of alkyl halides is 3. The van der Waals surface area contributed by atoms with E-state index in [2.05, 4.69) is 5.32 Å². The zero-order valence-corrected chi connectivity index (χ0v) is 21.5. The van der Waals surface area contributed by atoms with E-state index in [4.69, 9.17) is 4.74 Å². The normalized spacial score (nSPS) is 18.7. The van der Waals surface area contributed by atoms with E-state index >= 15 is 0 Å². The van der Waals surface area contributed by atoms with Crippen molar-refractivity contribution in [1.82, 2.24) is 9.80 Å². The summed E-state index contributed by atoms with van der Waals surface area (Å²) in [5, 5.41) is 12.4. The Morgan fingerprint density at radius 1 is 1.19 bits per heavy atom. The molecule has 3 rings (SSSR count). The Balaban J connectivity index is 1.81. The maximum atomic E-state index is 13.4. The van der Waals surface area contributed by atoms with E-state index in [1.54, 1.807) is 31.0 Å². The number of carbonyl (C=O) groups excluding carboxylic acids is 2. The van der Waals surface area contributed by atoms with Crippen molar-refractivity contribution in [2.24, 2.45) is 5.92 Å². The predicted molar refractivity (Wildman–Crippen MR) is 135 cm³/mol. The molecule has 3 atom stereocenters. The Kier molecular flexibility index (Phi) is 8.57. The number of fused-ring (bicyclic) bond motifs is 1. The molecule has 3 amide bonds. The van der Waals surface area contributed by atoms with Gasteiger partial charge in [0.25, 0.3) is 5.91 Å². The summed E-state index contributed by atoms with van der Waals surface area (Å²) < 4.78 is 44.7. The van der Waals surface area contributed by atoms with Crippen LogP contribution in [0.15, 0.2) is 42.5 Å². The van der Waals surface area contributed by atoms with Crippen LogP contribution in [0.25, 0.3) is 0 Å². The average molecular weight is 523 g/mol. The lowest BCUT2D eigenvalue weighted by Gasteiger charge is -2.38. The number of hydrogen-bond donors (Lipinski definition) is 2. The highest BCUT2D eigenvalue weighted by molar-refractivity contribution is 5.98. The van der Waals surface area contributed by atoms with Crippen molar-refractivity contribution in [2.75, 3.05) is 51.1 Å². The molecule has 1 aliphatic rings. The molecule has 2 aromatic rings. The molecule has 0 bridgehead atoms. The zero-order valence-electron chi connectivity index (χ0n) is 21.5. The van der Waals surface area contributed by atoms with Crippen LogP contribution >= 0.6 is 0 Å². The highest BCUT2D eigenvalue weighted by atomic mass is 19.4. The van der Waals surface area contributed by atoms with Crippen molar-refractivity contribution in [1.29, 1.82) is 0 Å². The summed E-state index contributed by atoms with van der Waals surface area (Å²) >= 11 is 0. The van der Waals surface area contributed by atoms with Crippen molar-refractivity contribution in [3.63, 3.8) is 0 Å². The van der Waals surface area contributed by atoms with Crippen LogP contribution in [-0.4, -0.2) is 79.8 Å². The number of nitrogens with zero attached hydrogens (tertiary/aromatic N) is 3. The molecule has 11 heteroatoms. The van der Waals surface area contributed by atoms with Crippen LogP contribution in [0.5, 0.6) is 5.75 Å². The molecule has 8 nitrogen and oxygen atoms in total. The summed E-state index contributed by atoms with van der Waals surface area (Å²) in [6.45, 7) is 3.91. The van der Waals surface area contributed by atoms with E-state index in [0.29, 0.717) is 17.9 Å². The molecular formula is C26H33F3N4O4. The number of aliphatic hydroxyl groups is 1. The number of nitrogens with one attached hydrogen (secondary N) is 1. The molecule has 0 saturated heterocycles. The Hall–Kier alpha value is -3.47. The Bertz CT molecular complexity index is 1110. The maximum Gasteiger partial charge on any atom is 0.416 e. The first-order valence-electron chi connectivity index (χ1n) is 11.9. The number of rotatable bonds is 6. The summed E-state index contributed by atoms with van der Waals surface area (Å²) in [5.41, 5.74) is 0.597. The predicted octanol–water partition coefficient (Wildman–Crippen LogP) is 4.16. The van der Waals surface area contributed by atoms with Crippen LogP contribution in [0.1, 0.15) is 29.8 Å². The van der Waals surface area contributed by atoms with Gasteiger partial charge in [0.05, 0.1) is 30.3 Å². The lowest BCUT2D eigenvalue weighted by Crippen LogP contribution is -2.50. The fourth-order valence-electron chi connectivity index (χ4n) is 4.02. The van der Waals surface area contributed by atoms with E-state index in [9.17, 15) is 27.9 Å². The highest BCUT2D eigenvalue weighted by Crippen LogP contribution is 2.32. The van der Waals surface area contributed by atoms with Gasteiger partial charge in [0.15, 0.2) is 0 Å². The SMILES string of the molecule is C[C@@H]1CN([C@H](C)CO)C(=O)c2cc(N(C)C)ccc2O[C@H]1CN(C)C(=O)Nc1ccc(C(F)(F)F)cc1. The van der Waals surface area contributed by atoms with Gasteiger partial charge in [-0.05, 0) is 49.4 Å². The molecule has 0 aromatic heterocycles. The van der Waals surface area contributed by atoms with Crippen LogP contribution < -0.4 is 15.0 Å². The second-order valence-corrected chi connectivity index (χ2v) is 9.58. The quantitative estimate of drug-likeness (QED) is 0.595. The fraction of sp³-hybridized carbons (Fsp3) is 0.462. The molecule has 0 saturated carbocycles. The van der Waals surface area contributed by atoms with Gasteiger partial charge in [-0.15, -0.1) is 0 Å². The third-order valence-electron chi connectivity index (χ3n) is 6.43. The molecule has 0 spiro atoms. The number of aliphatic hydroxyl groups excluding tert-OH is 1. The standard InChI is InChI=1S/C26H33F3N4O4/c1-16-13-33(17(2)15-34)24(35)21-12-20(31(3)4)10-11-22(21)37-23(16)14-32(5)25(36)30-19-8-6-18(7-9-19)26(27,28)29/h6-12,16-17,23,34H,13-15H2,1-5H3,(H,30,36)/t16-,17-,23+/m1/s1. The topological polar surface area (TPSA) is 85.4 Å². The second kappa shape index (κ2) is 11.3. The number of likely N-dealkylation sites (N-methyl/N-ethyl adjacent to an activating group) is 1. The zero-order chi connectivity index (χ0) is 27.5. The van der Waals surface area contributed by atoms with Crippen molar-refractivity contribution in [3.05, 3.63) is 53.6 Å². The lowest BCUT2D eigenvalue weighted by molar-refractivity contribution is -0.137. The largest absolute Gasteiger partial charge is 0.487 e. The molecule has 0 unspecified atom stereocenters. The molecule has 1 heterocycles. The van der Waals surface area contributed by atoms with Gasteiger partial charge in [0, 0.05) is 45.0 Å². The van der Waals surface area contributed by atoms with E-state index in [0.717, 1.165) is 17.8 Å². The number of anilines is 2. The number of urea groups is 1. The van der Waals surface area contributed by atoms with Gasteiger partial charge >= 0.3 is 12.2 Å². The average Bonchev–Trinajstić information content (AvgIpc) is 2.84. The first-order chi connectivity index (χ1) is 17.3. The van der Waals surface area contributed by atoms with Gasteiger partial charge in [0.1, 0.15) is 11.9 Å². The number of ether oxygens (including phenoxy) is 1. The van der Waals surface area contributed by atoms with Crippen molar-refractivity contribution in [2.45, 2.75) is 32.2 Å². The van der Waals surface area contributed by atoms with Crippen LogP contribution in [0.4, 0.5) is 29.3 Å². The van der Waals surface area contributed by atoms with E-state index in [1.165, 1.54) is 17.0 Å². The fourth-order valence-corrected chi connectivity index (χ4v) is 4.02. The molecule has 1 aliphatic heterocycles. The van der Waals surface area contributed by atoms with Crippen molar-refractivity contribution < 1.29 is 32.6 Å². The third kappa shape index (κ3) is 6.65.